The summed E-state index contributed by atoms with van der Waals surface area (Å²) in [6, 6.07) is 1.64. The van der Waals surface area contributed by atoms with Crippen LogP contribution < -0.4 is 11.1 Å². The van der Waals surface area contributed by atoms with Crippen molar-refractivity contribution < 1.29 is 4.42 Å². The Morgan fingerprint density at radius 1 is 1.41 bits per heavy atom. The van der Waals surface area contributed by atoms with Crippen molar-refractivity contribution >= 4 is 23.1 Å². The number of halogens is 1. The third-order valence-corrected chi connectivity index (χ3v) is 2.51. The third kappa shape index (κ3) is 2.88. The topological polar surface area (TPSA) is 77.0 Å². The van der Waals surface area contributed by atoms with E-state index in [4.69, 9.17) is 21.8 Å². The van der Waals surface area contributed by atoms with Gasteiger partial charge >= 0.3 is 0 Å². The van der Waals surface area contributed by atoms with Gasteiger partial charge in [0.2, 0.25) is 5.89 Å². The molecule has 0 bridgehead atoms. The lowest BCUT2D eigenvalue weighted by Crippen LogP contribution is -2.02. The second-order valence-corrected chi connectivity index (χ2v) is 3.93. The van der Waals surface area contributed by atoms with Crippen LogP contribution in [0.15, 0.2) is 22.9 Å². The Hall–Kier alpha value is -1.75. The average molecular weight is 253 g/mol. The number of nitrogens with one attached hydrogen (secondary N) is 1. The second kappa shape index (κ2) is 5.05. The van der Waals surface area contributed by atoms with Gasteiger partial charge < -0.3 is 15.5 Å². The maximum absolute atomic E-state index is 5.97. The smallest absolute Gasteiger partial charge is 0.213 e. The zero-order chi connectivity index (χ0) is 12.3. The summed E-state index contributed by atoms with van der Waals surface area (Å²) in [6.07, 6.45) is 4.09. The molecule has 2 rings (SSSR count). The molecule has 17 heavy (non-hydrogen) atoms. The van der Waals surface area contributed by atoms with Crippen molar-refractivity contribution in [3.05, 3.63) is 35.1 Å². The van der Waals surface area contributed by atoms with Crippen LogP contribution in [0.25, 0.3) is 0 Å². The van der Waals surface area contributed by atoms with Gasteiger partial charge in [0.15, 0.2) is 0 Å². The van der Waals surface area contributed by atoms with Gasteiger partial charge in [0.1, 0.15) is 11.6 Å². The van der Waals surface area contributed by atoms with Gasteiger partial charge in [-0.05, 0) is 6.07 Å². The summed E-state index contributed by atoms with van der Waals surface area (Å²) < 4.78 is 5.45. The molecule has 0 atom stereocenters. The molecule has 5 nitrogen and oxygen atoms in total. The van der Waals surface area contributed by atoms with Crippen LogP contribution in [0, 0.1) is 0 Å². The number of anilines is 2. The Kier molecular flexibility index (Phi) is 3.49. The summed E-state index contributed by atoms with van der Waals surface area (Å²) in [7, 11) is 0. The fourth-order valence-electron chi connectivity index (χ4n) is 1.34. The molecule has 0 amide bonds. The van der Waals surface area contributed by atoms with Crippen molar-refractivity contribution in [1.82, 2.24) is 9.97 Å². The summed E-state index contributed by atoms with van der Waals surface area (Å²) in [4.78, 5) is 8.21. The first-order chi connectivity index (χ1) is 8.19. The van der Waals surface area contributed by atoms with Crippen LogP contribution in [-0.2, 0) is 13.0 Å². The zero-order valence-electron chi connectivity index (χ0n) is 9.40. The summed E-state index contributed by atoms with van der Waals surface area (Å²) >= 11 is 5.97. The van der Waals surface area contributed by atoms with Crippen LogP contribution >= 0.6 is 11.6 Å². The molecule has 3 N–H and O–H groups in total. The van der Waals surface area contributed by atoms with Gasteiger partial charge in [-0.2, -0.15) is 0 Å². The number of oxazole rings is 1. The molecule has 0 aromatic carbocycles. The lowest BCUT2D eigenvalue weighted by atomic mass is 10.4. The van der Waals surface area contributed by atoms with E-state index in [2.05, 4.69) is 15.3 Å². The Labute approximate surface area is 104 Å². The summed E-state index contributed by atoms with van der Waals surface area (Å²) in [5, 5.41) is 3.52. The molecule has 0 spiro atoms. The summed E-state index contributed by atoms with van der Waals surface area (Å²) in [5.74, 6) is 2.03. The number of nitrogens with two attached hydrogens (primary N) is 1. The molecular weight excluding hydrogens is 240 g/mol. The highest BCUT2D eigenvalue weighted by atomic mass is 35.5. The molecule has 0 fully saturated rings. The van der Waals surface area contributed by atoms with E-state index >= 15 is 0 Å². The highest BCUT2D eigenvalue weighted by molar-refractivity contribution is 6.33. The average Bonchev–Trinajstić information content (AvgIpc) is 2.76. The van der Waals surface area contributed by atoms with Gasteiger partial charge in [-0.25, -0.2) is 9.97 Å². The Bertz CT molecular complexity index is 512. The number of hydrogen-bond acceptors (Lipinski definition) is 5. The molecule has 0 saturated carbocycles. The molecule has 90 valence electrons. The second-order valence-electron chi connectivity index (χ2n) is 3.53. The highest BCUT2D eigenvalue weighted by Gasteiger charge is 2.05. The summed E-state index contributed by atoms with van der Waals surface area (Å²) in [5.41, 5.74) is 6.08. The van der Waals surface area contributed by atoms with E-state index in [-0.39, 0.29) is 0 Å². The normalized spacial score (nSPS) is 10.5. The van der Waals surface area contributed by atoms with Crippen molar-refractivity contribution in [3.63, 3.8) is 0 Å². The van der Waals surface area contributed by atoms with Crippen molar-refractivity contribution in [1.29, 1.82) is 0 Å². The van der Waals surface area contributed by atoms with E-state index in [0.29, 0.717) is 29.0 Å². The predicted molar refractivity (Wildman–Crippen MR) is 66.9 cm³/mol. The molecule has 2 heterocycles. The standard InChI is InChI=1S/C11H13ClN4O/c1-2-8-5-14-10(17-8)6-16-11-9(12)3-7(13)4-15-11/h3-5H,2,6,13H2,1H3,(H,15,16). The molecule has 0 aliphatic rings. The molecule has 0 unspecified atom stereocenters. The Morgan fingerprint density at radius 2 is 2.24 bits per heavy atom. The molecule has 2 aromatic heterocycles. The number of pyridine rings is 1. The molecule has 0 saturated heterocycles. The van der Waals surface area contributed by atoms with Gasteiger partial charge in [-0.15, -0.1) is 0 Å². The van der Waals surface area contributed by atoms with Crippen molar-refractivity contribution in [2.75, 3.05) is 11.1 Å². The fourth-order valence-corrected chi connectivity index (χ4v) is 1.58. The number of aromatic nitrogens is 2. The van der Waals surface area contributed by atoms with E-state index in [9.17, 15) is 0 Å². The van der Waals surface area contributed by atoms with Gasteiger partial charge in [0, 0.05) is 6.42 Å². The minimum atomic E-state index is 0.441. The molecule has 2 aromatic rings. The fraction of sp³-hybridized carbons (Fsp3) is 0.273. The monoisotopic (exact) mass is 252 g/mol. The Morgan fingerprint density at radius 3 is 2.88 bits per heavy atom. The van der Waals surface area contributed by atoms with E-state index in [1.807, 2.05) is 6.92 Å². The number of hydrogen-bond donors (Lipinski definition) is 2. The first-order valence-electron chi connectivity index (χ1n) is 5.27. The molecule has 6 heteroatoms. The molecule has 0 radical (unpaired) electrons. The molecule has 0 aliphatic heterocycles. The van der Waals surface area contributed by atoms with Crippen LogP contribution in [0.1, 0.15) is 18.6 Å². The SMILES string of the molecule is CCc1cnc(CNc2ncc(N)cc2Cl)o1. The lowest BCUT2D eigenvalue weighted by molar-refractivity contribution is 0.465. The minimum Gasteiger partial charge on any atom is -0.444 e. The molecular formula is C11H13ClN4O. The third-order valence-electron chi connectivity index (χ3n) is 2.22. The van der Waals surface area contributed by atoms with Crippen molar-refractivity contribution in [2.24, 2.45) is 0 Å². The number of aryl methyl sites for hydroxylation is 1. The zero-order valence-corrected chi connectivity index (χ0v) is 10.2. The van der Waals surface area contributed by atoms with Gasteiger partial charge in [0.05, 0.1) is 29.6 Å². The highest BCUT2D eigenvalue weighted by Crippen LogP contribution is 2.21. The van der Waals surface area contributed by atoms with Gasteiger partial charge in [0.25, 0.3) is 0 Å². The Balaban J connectivity index is 2.02. The number of rotatable bonds is 4. The van der Waals surface area contributed by atoms with Crippen LogP contribution in [0.2, 0.25) is 5.02 Å². The maximum Gasteiger partial charge on any atom is 0.213 e. The van der Waals surface area contributed by atoms with Crippen molar-refractivity contribution in [3.8, 4) is 0 Å². The van der Waals surface area contributed by atoms with Crippen LogP contribution in [0.3, 0.4) is 0 Å². The quantitative estimate of drug-likeness (QED) is 0.874. The molecule has 0 aliphatic carbocycles. The van der Waals surface area contributed by atoms with Crippen LogP contribution in [0.5, 0.6) is 0 Å². The van der Waals surface area contributed by atoms with E-state index in [1.165, 1.54) is 0 Å². The van der Waals surface area contributed by atoms with Gasteiger partial charge in [-0.3, -0.25) is 0 Å². The first kappa shape index (κ1) is 11.7. The van der Waals surface area contributed by atoms with E-state index in [0.717, 1.165) is 12.2 Å². The maximum atomic E-state index is 5.97. The number of nitrogens with zero attached hydrogens (tertiary/aromatic N) is 2. The van der Waals surface area contributed by atoms with Crippen LogP contribution in [0.4, 0.5) is 11.5 Å². The largest absolute Gasteiger partial charge is 0.444 e. The predicted octanol–water partition coefficient (Wildman–Crippen LogP) is 2.48. The van der Waals surface area contributed by atoms with Crippen LogP contribution in [-0.4, -0.2) is 9.97 Å². The first-order valence-corrected chi connectivity index (χ1v) is 5.65. The van der Waals surface area contributed by atoms with E-state index < -0.39 is 0 Å². The van der Waals surface area contributed by atoms with Gasteiger partial charge in [-0.1, -0.05) is 18.5 Å². The van der Waals surface area contributed by atoms with E-state index in [1.54, 1.807) is 18.5 Å². The van der Waals surface area contributed by atoms with Crippen molar-refractivity contribution in [2.45, 2.75) is 19.9 Å². The number of nitrogen functional groups attached to an aromatic ring is 1. The minimum absolute atomic E-state index is 0.441. The lowest BCUT2D eigenvalue weighted by Gasteiger charge is -2.05. The summed E-state index contributed by atoms with van der Waals surface area (Å²) in [6.45, 7) is 2.45.